The predicted molar refractivity (Wildman–Crippen MR) is 79.0 cm³/mol. The van der Waals surface area contributed by atoms with Crippen LogP contribution in [0.1, 0.15) is 24.2 Å². The molecule has 2 unspecified atom stereocenters. The Hall–Kier alpha value is -1.52. The third-order valence-electron chi connectivity index (χ3n) is 3.86. The summed E-state index contributed by atoms with van der Waals surface area (Å²) in [6.07, 6.45) is 2.57. The summed E-state index contributed by atoms with van der Waals surface area (Å²) in [6, 6.07) is 7.94. The van der Waals surface area contributed by atoms with Crippen LogP contribution >= 0.6 is 11.6 Å². The quantitative estimate of drug-likeness (QED) is 0.946. The van der Waals surface area contributed by atoms with E-state index in [1.165, 1.54) is 5.56 Å². The van der Waals surface area contributed by atoms with Crippen LogP contribution in [0.15, 0.2) is 30.5 Å². The van der Waals surface area contributed by atoms with Crippen LogP contribution in [0.5, 0.6) is 5.75 Å². The first kappa shape index (κ1) is 13.5. The normalized spacial score (nSPS) is 19.2. The molecule has 1 aliphatic heterocycles. The van der Waals surface area contributed by atoms with Crippen molar-refractivity contribution in [2.45, 2.75) is 25.9 Å². The van der Waals surface area contributed by atoms with Crippen LogP contribution in [0, 0.1) is 5.92 Å². The highest BCUT2D eigenvalue weighted by atomic mass is 35.5. The maximum Gasteiger partial charge on any atom is 0.122 e. The number of hydrogen-bond acceptors (Lipinski definition) is 3. The van der Waals surface area contributed by atoms with Gasteiger partial charge in [-0.2, -0.15) is 5.10 Å². The maximum atomic E-state index is 6.42. The molecule has 0 amide bonds. The molecule has 0 spiro atoms. The summed E-state index contributed by atoms with van der Waals surface area (Å²) in [4.78, 5) is 0. The monoisotopic (exact) mass is 291 g/mol. The van der Waals surface area contributed by atoms with Gasteiger partial charge < -0.3 is 10.5 Å². The van der Waals surface area contributed by atoms with Crippen molar-refractivity contribution in [3.63, 3.8) is 0 Å². The minimum Gasteiger partial charge on any atom is -0.493 e. The number of fused-ring (bicyclic) bond motifs is 1. The van der Waals surface area contributed by atoms with Crippen molar-refractivity contribution in [1.82, 2.24) is 9.78 Å². The smallest absolute Gasteiger partial charge is 0.122 e. The fourth-order valence-electron chi connectivity index (χ4n) is 2.76. The highest BCUT2D eigenvalue weighted by molar-refractivity contribution is 6.31. The van der Waals surface area contributed by atoms with Crippen molar-refractivity contribution in [1.29, 1.82) is 0 Å². The Labute approximate surface area is 123 Å². The topological polar surface area (TPSA) is 53.1 Å². The Balaban J connectivity index is 1.85. The van der Waals surface area contributed by atoms with E-state index in [-0.39, 0.29) is 12.0 Å². The SMILES string of the molecule is CCn1ncc(Cl)c1C(N)C1COc2ccccc2C1. The molecular formula is C15H18ClN3O. The summed E-state index contributed by atoms with van der Waals surface area (Å²) >= 11 is 6.23. The average Bonchev–Trinajstić information content (AvgIpc) is 2.87. The molecule has 5 heteroatoms. The molecule has 1 aromatic heterocycles. The molecule has 0 saturated carbocycles. The first-order chi connectivity index (χ1) is 9.70. The Kier molecular flexibility index (Phi) is 3.68. The molecule has 1 aliphatic rings. The summed E-state index contributed by atoms with van der Waals surface area (Å²) in [5.74, 6) is 1.18. The van der Waals surface area contributed by atoms with Gasteiger partial charge in [-0.15, -0.1) is 0 Å². The zero-order valence-corrected chi connectivity index (χ0v) is 12.2. The largest absolute Gasteiger partial charge is 0.493 e. The Morgan fingerprint density at radius 2 is 2.30 bits per heavy atom. The summed E-state index contributed by atoms with van der Waals surface area (Å²) in [5.41, 5.74) is 8.53. The van der Waals surface area contributed by atoms with Crippen LogP contribution in [0.25, 0.3) is 0 Å². The number of nitrogens with zero attached hydrogens (tertiary/aromatic N) is 2. The van der Waals surface area contributed by atoms with E-state index in [9.17, 15) is 0 Å². The van der Waals surface area contributed by atoms with E-state index in [1.807, 2.05) is 29.8 Å². The molecule has 0 saturated heterocycles. The Bertz CT molecular complexity index is 611. The van der Waals surface area contributed by atoms with Gasteiger partial charge in [-0.25, -0.2) is 0 Å². The van der Waals surface area contributed by atoms with Crippen LogP contribution in [0.3, 0.4) is 0 Å². The third-order valence-corrected chi connectivity index (χ3v) is 4.16. The fraction of sp³-hybridized carbons (Fsp3) is 0.400. The van der Waals surface area contributed by atoms with Gasteiger partial charge in [0.25, 0.3) is 0 Å². The summed E-state index contributed by atoms with van der Waals surface area (Å²) < 4.78 is 7.68. The second-order valence-corrected chi connectivity index (χ2v) is 5.51. The average molecular weight is 292 g/mol. The van der Waals surface area contributed by atoms with Crippen molar-refractivity contribution in [2.75, 3.05) is 6.61 Å². The van der Waals surface area contributed by atoms with Gasteiger partial charge in [0.05, 0.1) is 29.6 Å². The standard InChI is InChI=1S/C15H18ClN3O/c1-2-19-15(12(16)8-18-19)14(17)11-7-10-5-3-4-6-13(10)20-9-11/h3-6,8,11,14H,2,7,9,17H2,1H3. The van der Waals surface area contributed by atoms with Gasteiger partial charge in [-0.05, 0) is 25.0 Å². The van der Waals surface area contributed by atoms with Crippen LogP contribution in [-0.2, 0) is 13.0 Å². The molecule has 2 N–H and O–H groups in total. The number of aromatic nitrogens is 2. The molecular weight excluding hydrogens is 274 g/mol. The number of hydrogen-bond donors (Lipinski definition) is 1. The van der Waals surface area contributed by atoms with Crippen LogP contribution in [-0.4, -0.2) is 16.4 Å². The lowest BCUT2D eigenvalue weighted by Gasteiger charge is -2.30. The lowest BCUT2D eigenvalue weighted by molar-refractivity contribution is 0.196. The second kappa shape index (κ2) is 5.46. The number of para-hydroxylation sites is 1. The lowest BCUT2D eigenvalue weighted by atomic mass is 9.89. The summed E-state index contributed by atoms with van der Waals surface area (Å²) in [5, 5.41) is 4.90. The molecule has 1 aromatic carbocycles. The molecule has 20 heavy (non-hydrogen) atoms. The van der Waals surface area contributed by atoms with Gasteiger partial charge >= 0.3 is 0 Å². The van der Waals surface area contributed by atoms with Gasteiger partial charge in [0.15, 0.2) is 0 Å². The third kappa shape index (κ3) is 2.30. The molecule has 2 aromatic rings. The molecule has 0 aliphatic carbocycles. The molecule has 106 valence electrons. The fourth-order valence-corrected chi connectivity index (χ4v) is 3.03. The van der Waals surface area contributed by atoms with E-state index in [0.717, 1.165) is 24.4 Å². The highest BCUT2D eigenvalue weighted by Gasteiger charge is 2.29. The lowest BCUT2D eigenvalue weighted by Crippen LogP contribution is -2.33. The minimum absolute atomic E-state index is 0.168. The predicted octanol–water partition coefficient (Wildman–Crippen LogP) is 2.81. The van der Waals surface area contributed by atoms with Gasteiger partial charge in [-0.3, -0.25) is 4.68 Å². The van der Waals surface area contributed by atoms with E-state index in [4.69, 9.17) is 22.1 Å². The second-order valence-electron chi connectivity index (χ2n) is 5.10. The molecule has 4 nitrogen and oxygen atoms in total. The van der Waals surface area contributed by atoms with E-state index in [2.05, 4.69) is 11.2 Å². The maximum absolute atomic E-state index is 6.42. The molecule has 0 fully saturated rings. The number of aryl methyl sites for hydroxylation is 1. The number of benzene rings is 1. The van der Waals surface area contributed by atoms with Gasteiger partial charge in [-0.1, -0.05) is 29.8 Å². The van der Waals surface area contributed by atoms with E-state index < -0.39 is 0 Å². The Morgan fingerprint density at radius 3 is 3.10 bits per heavy atom. The number of nitrogens with two attached hydrogens (primary N) is 1. The van der Waals surface area contributed by atoms with Gasteiger partial charge in [0, 0.05) is 12.5 Å². The minimum atomic E-state index is -0.168. The zero-order chi connectivity index (χ0) is 14.1. The molecule has 0 radical (unpaired) electrons. The van der Waals surface area contributed by atoms with Crippen molar-refractivity contribution < 1.29 is 4.74 Å². The number of ether oxygens (including phenoxy) is 1. The van der Waals surface area contributed by atoms with Gasteiger partial charge in [0.2, 0.25) is 0 Å². The first-order valence-corrected chi connectivity index (χ1v) is 7.26. The first-order valence-electron chi connectivity index (χ1n) is 6.88. The van der Waals surface area contributed by atoms with Gasteiger partial charge in [0.1, 0.15) is 5.75 Å². The molecule has 2 heterocycles. The van der Waals surface area contributed by atoms with Crippen molar-refractivity contribution in [3.8, 4) is 5.75 Å². The van der Waals surface area contributed by atoms with Crippen LogP contribution < -0.4 is 10.5 Å². The zero-order valence-electron chi connectivity index (χ0n) is 11.4. The highest BCUT2D eigenvalue weighted by Crippen LogP contribution is 2.34. The molecule has 2 atom stereocenters. The van der Waals surface area contributed by atoms with E-state index in [0.29, 0.717) is 11.6 Å². The van der Waals surface area contributed by atoms with Crippen LogP contribution in [0.4, 0.5) is 0 Å². The summed E-state index contributed by atoms with van der Waals surface area (Å²) in [6.45, 7) is 3.41. The number of halogens is 1. The van der Waals surface area contributed by atoms with E-state index >= 15 is 0 Å². The molecule has 0 bridgehead atoms. The summed E-state index contributed by atoms with van der Waals surface area (Å²) in [7, 11) is 0. The number of rotatable bonds is 3. The van der Waals surface area contributed by atoms with E-state index in [1.54, 1.807) is 6.20 Å². The van der Waals surface area contributed by atoms with Crippen molar-refractivity contribution in [3.05, 3.63) is 46.7 Å². The van der Waals surface area contributed by atoms with Crippen molar-refractivity contribution in [2.24, 2.45) is 11.7 Å². The Morgan fingerprint density at radius 1 is 1.50 bits per heavy atom. The van der Waals surface area contributed by atoms with Crippen molar-refractivity contribution >= 4 is 11.6 Å². The molecule has 3 rings (SSSR count). The van der Waals surface area contributed by atoms with Crippen LogP contribution in [0.2, 0.25) is 5.02 Å².